The van der Waals surface area contributed by atoms with Crippen molar-refractivity contribution in [2.24, 2.45) is 0 Å². The maximum atomic E-state index is 6.63. The van der Waals surface area contributed by atoms with Crippen LogP contribution in [-0.4, -0.2) is 29.9 Å². The van der Waals surface area contributed by atoms with Gasteiger partial charge in [0.25, 0.3) is 0 Å². The van der Waals surface area contributed by atoms with Crippen molar-refractivity contribution in [1.29, 1.82) is 0 Å². The van der Waals surface area contributed by atoms with Gasteiger partial charge in [0.1, 0.15) is 44.7 Å². The molecule has 18 aromatic carbocycles. The van der Waals surface area contributed by atoms with Crippen LogP contribution in [0.25, 0.3) is 223 Å². The third kappa shape index (κ3) is 10.4. The van der Waals surface area contributed by atoms with Gasteiger partial charge in [0.2, 0.25) is 0 Å². The summed E-state index contributed by atoms with van der Waals surface area (Å²) in [5, 5.41) is 8.22. The van der Waals surface area contributed by atoms with Crippen LogP contribution in [0.4, 0.5) is 0 Å². The summed E-state index contributed by atoms with van der Waals surface area (Å²) in [4.78, 5) is 32.4. The highest BCUT2D eigenvalue weighted by atomic mass is 16.3. The van der Waals surface area contributed by atoms with E-state index in [1.807, 2.05) is 91.0 Å². The molecule has 0 saturated carbocycles. The van der Waals surface area contributed by atoms with Gasteiger partial charge in [-0.05, 0) is 166 Å². The van der Waals surface area contributed by atoms with Gasteiger partial charge in [-0.3, -0.25) is 0 Å². The number of para-hydroxylation sites is 6. The molecule has 0 unspecified atom stereocenters. The lowest BCUT2D eigenvalue weighted by molar-refractivity contribution is 0.668. The average Bonchev–Trinajstić information content (AvgIpc) is 1.52. The number of rotatable bonds is 6. The summed E-state index contributed by atoms with van der Waals surface area (Å²) >= 11 is 0. The summed E-state index contributed by atoms with van der Waals surface area (Å²) in [6.07, 6.45) is 0. The molecule has 6 aromatic heterocycles. The highest BCUT2D eigenvalue weighted by Crippen LogP contribution is 2.65. The Morgan fingerprint density at radius 2 is 0.422 bits per heavy atom. The molecule has 24 aromatic rings. The SMILES string of the molecule is C.C.c1ccc2c(c1)-c1ccccc1C1(c3ccccc3-2)c2ccccc2-c2c(-c3nc(-c4ccc5c(c4)oc4ccccc45)nc(-c4cccc5c4oc4ccccc45)n3)cccc21.c1ccc2c(c1)-c1ccccc1C1(c3ccccc3-2)c2ccccc2-c2c(-c3nc(-c4cccc5c4oc4ccccc45)nc(-c4cccc5oc6ccccc6c45)n3)cccc21. The number of furan rings is 4. The zero-order chi connectivity index (χ0) is 82.5. The molecule has 0 amide bonds. The molecular formula is C118H74N6O4. The second kappa shape index (κ2) is 28.4. The van der Waals surface area contributed by atoms with Gasteiger partial charge >= 0.3 is 0 Å². The second-order valence-corrected chi connectivity index (χ2v) is 33.1. The van der Waals surface area contributed by atoms with E-state index in [2.05, 4.69) is 309 Å². The molecule has 10 heteroatoms. The molecule has 0 saturated heterocycles. The minimum Gasteiger partial charge on any atom is -0.456 e. The maximum Gasteiger partial charge on any atom is 0.167 e. The van der Waals surface area contributed by atoms with Crippen LogP contribution in [0.5, 0.6) is 0 Å². The number of benzene rings is 18. The highest BCUT2D eigenvalue weighted by molar-refractivity contribution is 6.14. The predicted molar refractivity (Wildman–Crippen MR) is 518 cm³/mol. The Morgan fingerprint density at radius 3 is 0.859 bits per heavy atom. The number of hydrogen-bond donors (Lipinski definition) is 0. The van der Waals surface area contributed by atoms with Gasteiger partial charge in [-0.1, -0.05) is 361 Å². The van der Waals surface area contributed by atoms with Crippen molar-refractivity contribution < 1.29 is 17.7 Å². The molecule has 0 bridgehead atoms. The first-order chi connectivity index (χ1) is 62.5. The number of nitrogens with zero attached hydrogens (tertiary/aromatic N) is 6. The Balaban J connectivity index is 0.000000137. The van der Waals surface area contributed by atoms with Crippen LogP contribution in [0.15, 0.2) is 418 Å². The van der Waals surface area contributed by atoms with E-state index in [4.69, 9.17) is 47.6 Å². The van der Waals surface area contributed by atoms with Crippen molar-refractivity contribution in [3.05, 3.63) is 445 Å². The van der Waals surface area contributed by atoms with Gasteiger partial charge in [0, 0.05) is 65.3 Å². The van der Waals surface area contributed by atoms with Gasteiger partial charge in [-0.2, -0.15) is 0 Å². The zero-order valence-corrected chi connectivity index (χ0v) is 67.4. The van der Waals surface area contributed by atoms with Crippen LogP contribution in [0, 0.1) is 0 Å². The second-order valence-electron chi connectivity index (χ2n) is 33.1. The molecule has 128 heavy (non-hydrogen) atoms. The topological polar surface area (TPSA) is 130 Å². The average molecular weight is 1640 g/mol. The van der Waals surface area contributed by atoms with E-state index in [1.165, 1.54) is 89.0 Å². The molecule has 4 aliphatic rings. The summed E-state index contributed by atoms with van der Waals surface area (Å²) in [5.74, 6) is 3.32. The van der Waals surface area contributed by atoms with Gasteiger partial charge in [-0.15, -0.1) is 0 Å². The molecule has 4 aliphatic carbocycles. The summed E-state index contributed by atoms with van der Waals surface area (Å²) in [6, 6.07) is 142. The molecule has 0 fully saturated rings. The lowest BCUT2D eigenvalue weighted by Gasteiger charge is -2.35. The highest BCUT2D eigenvalue weighted by Gasteiger charge is 2.53. The lowest BCUT2D eigenvalue weighted by atomic mass is 9.66. The summed E-state index contributed by atoms with van der Waals surface area (Å²) in [5.41, 5.74) is 34.4. The fourth-order valence-electron chi connectivity index (χ4n) is 21.7. The smallest absolute Gasteiger partial charge is 0.167 e. The number of fused-ring (bicyclic) bond motifs is 36. The van der Waals surface area contributed by atoms with Crippen LogP contribution < -0.4 is 0 Å². The molecule has 0 aliphatic heterocycles. The van der Waals surface area contributed by atoms with Crippen molar-refractivity contribution in [1.82, 2.24) is 29.9 Å². The third-order valence-corrected chi connectivity index (χ3v) is 26.8. The first kappa shape index (κ1) is 73.9. The Bertz CT molecular complexity index is 8670. The molecule has 600 valence electrons. The van der Waals surface area contributed by atoms with E-state index in [-0.39, 0.29) is 14.9 Å². The summed E-state index contributed by atoms with van der Waals surface area (Å²) < 4.78 is 26.0. The summed E-state index contributed by atoms with van der Waals surface area (Å²) in [7, 11) is 0. The van der Waals surface area contributed by atoms with E-state index in [1.54, 1.807) is 0 Å². The lowest BCUT2D eigenvalue weighted by Crippen LogP contribution is -2.29. The van der Waals surface area contributed by atoms with E-state index in [0.717, 1.165) is 143 Å². The zero-order valence-electron chi connectivity index (χ0n) is 67.4. The van der Waals surface area contributed by atoms with Crippen LogP contribution in [0.1, 0.15) is 59.4 Å². The van der Waals surface area contributed by atoms with Crippen molar-refractivity contribution in [3.63, 3.8) is 0 Å². The minimum atomic E-state index is -0.645. The molecule has 0 radical (unpaired) electrons. The minimum absolute atomic E-state index is 0. The van der Waals surface area contributed by atoms with Gasteiger partial charge in [0.15, 0.2) is 34.9 Å². The van der Waals surface area contributed by atoms with Crippen LogP contribution in [0.2, 0.25) is 0 Å². The quantitative estimate of drug-likeness (QED) is 0.159. The fourth-order valence-corrected chi connectivity index (χ4v) is 21.7. The van der Waals surface area contributed by atoms with Gasteiger partial charge in [0.05, 0.1) is 22.0 Å². The van der Waals surface area contributed by atoms with Gasteiger partial charge in [-0.25, -0.2) is 29.9 Å². The first-order valence-corrected chi connectivity index (χ1v) is 42.7. The predicted octanol–water partition coefficient (Wildman–Crippen LogP) is 30.6. The van der Waals surface area contributed by atoms with Crippen LogP contribution >= 0.6 is 0 Å². The summed E-state index contributed by atoms with van der Waals surface area (Å²) in [6.45, 7) is 0. The Kier molecular flexibility index (Phi) is 16.4. The van der Waals surface area contributed by atoms with Crippen LogP contribution in [0.3, 0.4) is 0 Å². The molecule has 0 atom stereocenters. The van der Waals surface area contributed by atoms with Gasteiger partial charge < -0.3 is 17.7 Å². The Labute approximate surface area is 736 Å². The first-order valence-electron chi connectivity index (χ1n) is 42.7. The van der Waals surface area contributed by atoms with Crippen LogP contribution in [-0.2, 0) is 10.8 Å². The van der Waals surface area contributed by atoms with Crippen molar-refractivity contribution in [2.75, 3.05) is 0 Å². The molecule has 2 spiro atoms. The maximum absolute atomic E-state index is 6.63. The van der Waals surface area contributed by atoms with E-state index in [9.17, 15) is 0 Å². The van der Waals surface area contributed by atoms with Crippen molar-refractivity contribution >= 4 is 87.8 Å². The Hall–Kier alpha value is -16.8. The fraction of sp³-hybridized carbons (Fsp3) is 0.0339. The van der Waals surface area contributed by atoms with E-state index >= 15 is 0 Å². The normalized spacial score (nSPS) is 13.0. The number of hydrogen-bond acceptors (Lipinski definition) is 10. The molecular weight excluding hydrogens is 1570 g/mol. The third-order valence-electron chi connectivity index (χ3n) is 26.8. The van der Waals surface area contributed by atoms with E-state index < -0.39 is 10.8 Å². The molecule has 0 N–H and O–H groups in total. The number of aromatic nitrogens is 6. The molecule has 10 nitrogen and oxygen atoms in total. The molecule has 6 heterocycles. The monoisotopic (exact) mass is 1640 g/mol. The van der Waals surface area contributed by atoms with Crippen molar-refractivity contribution in [2.45, 2.75) is 25.7 Å². The standard InChI is InChI=1S/2C58H33N3O2.2CH4/c1-2-17-35-34(16-1)36-18-3-8-27-45(36)58(46-28-9-4-19-37(35)46)47-29-10-5-21-40(47)52-42(24-14-30-48(52)58)55-59-56(43-25-15-33-51-53(43)41-22-7-12-32-50(41)62-51)61-57(60-55)44-26-13-23-39-38-20-6-11-31-49(38)63-54(39)44;1-2-16-36-35(15-1)37-17-3-8-25-46(37)58(47-26-9-4-18-38(36)47)48-27-10-5-21-43(48)53-44(23-14-28-49(53)58)56-59-55(34-31-32-41-39-19-6-11-29-50(39)62-52(41)33-34)60-57(61-56)45-24-13-22-42-40-20-7-12-30-51(40)63-54(42)45;;/h2*1-33H;2*1H4. The molecule has 28 rings (SSSR count). The Morgan fingerprint density at radius 1 is 0.164 bits per heavy atom. The largest absolute Gasteiger partial charge is 0.456 e. The van der Waals surface area contributed by atoms with E-state index in [0.29, 0.717) is 34.9 Å². The van der Waals surface area contributed by atoms with Crippen molar-refractivity contribution in [3.8, 4) is 135 Å².